The average Bonchev–Trinajstić information content (AvgIpc) is 3.82. The van der Waals surface area contributed by atoms with Gasteiger partial charge in [-0.2, -0.15) is 0 Å². The third-order valence-corrected chi connectivity index (χ3v) is 12.5. The first kappa shape index (κ1) is 35.0. The van der Waals surface area contributed by atoms with Gasteiger partial charge in [-0.3, -0.25) is 0 Å². The molecule has 0 bridgehead atoms. The topological polar surface area (TPSA) is 38.7 Å². The molecule has 3 heteroatoms. The van der Waals surface area contributed by atoms with E-state index >= 15 is 0 Å². The number of rotatable bonds is 6. The van der Waals surface area contributed by atoms with Crippen LogP contribution in [0.3, 0.4) is 0 Å². The lowest BCUT2D eigenvalue weighted by Crippen LogP contribution is -2.25. The summed E-state index contributed by atoms with van der Waals surface area (Å²) in [5.74, 6) is 1.88. The van der Waals surface area contributed by atoms with E-state index < -0.39 is 5.41 Å². The summed E-state index contributed by atoms with van der Waals surface area (Å²) in [4.78, 5) is 16.0. The molecule has 0 fully saturated rings. The van der Waals surface area contributed by atoms with Crippen LogP contribution in [-0.4, -0.2) is 15.0 Å². The summed E-state index contributed by atoms with van der Waals surface area (Å²) in [6.45, 7) is 0. The van der Waals surface area contributed by atoms with Crippen LogP contribution in [0.25, 0.3) is 89.8 Å². The number of fused-ring (bicyclic) bond motifs is 10. The van der Waals surface area contributed by atoms with Crippen LogP contribution < -0.4 is 0 Å². The van der Waals surface area contributed by atoms with E-state index in [9.17, 15) is 0 Å². The zero-order valence-corrected chi connectivity index (χ0v) is 33.2. The fraction of sp³-hybridized carbons (Fsp3) is 0.0172. The van der Waals surface area contributed by atoms with E-state index in [1.54, 1.807) is 0 Å². The summed E-state index contributed by atoms with van der Waals surface area (Å²) >= 11 is 0. The Balaban J connectivity index is 1.08. The summed E-state index contributed by atoms with van der Waals surface area (Å²) < 4.78 is 0. The van der Waals surface area contributed by atoms with E-state index in [0.29, 0.717) is 17.5 Å². The normalized spacial score (nSPS) is 12.7. The molecule has 3 nitrogen and oxygen atoms in total. The van der Waals surface area contributed by atoms with Gasteiger partial charge in [0.25, 0.3) is 0 Å². The lowest BCUT2D eigenvalue weighted by Gasteiger charge is -2.30. The van der Waals surface area contributed by atoms with Crippen LogP contribution in [0.2, 0.25) is 0 Å². The summed E-state index contributed by atoms with van der Waals surface area (Å²) in [6.07, 6.45) is 0. The number of hydrogen-bond donors (Lipinski definition) is 0. The van der Waals surface area contributed by atoms with Gasteiger partial charge in [-0.1, -0.05) is 194 Å². The second-order valence-electron chi connectivity index (χ2n) is 15.9. The third kappa shape index (κ3) is 5.62. The molecular formula is C58H37N3. The molecule has 2 aliphatic carbocycles. The molecule has 1 spiro atoms. The average molecular weight is 776 g/mol. The fourth-order valence-electron chi connectivity index (χ4n) is 9.82. The summed E-state index contributed by atoms with van der Waals surface area (Å²) in [6, 6.07) is 80.4. The Kier molecular flexibility index (Phi) is 8.07. The van der Waals surface area contributed by atoms with E-state index in [1.807, 2.05) is 6.07 Å². The molecule has 0 radical (unpaired) electrons. The SMILES string of the molecule is c1ccc(-c2cccc(-c3nc(-c4cc(-c5ccccc5)cc(-c5ccccc5)c4)nc(-c4ccc5c(c4)-c4ccccc4C54c5ccccc5-c5ccccc54)n3)c2)cc1. The van der Waals surface area contributed by atoms with Crippen molar-refractivity contribution >= 4 is 0 Å². The van der Waals surface area contributed by atoms with Gasteiger partial charge in [-0.25, -0.2) is 15.0 Å². The number of aromatic nitrogens is 3. The Morgan fingerprint density at radius 2 is 0.557 bits per heavy atom. The molecule has 0 amide bonds. The summed E-state index contributed by atoms with van der Waals surface area (Å²) in [5.41, 5.74) is 19.3. The van der Waals surface area contributed by atoms with Crippen molar-refractivity contribution in [1.29, 1.82) is 0 Å². The monoisotopic (exact) mass is 775 g/mol. The molecule has 9 aromatic carbocycles. The molecule has 0 aliphatic heterocycles. The van der Waals surface area contributed by atoms with Crippen molar-refractivity contribution in [3.63, 3.8) is 0 Å². The van der Waals surface area contributed by atoms with E-state index in [2.05, 4.69) is 218 Å². The van der Waals surface area contributed by atoms with Crippen molar-refractivity contribution in [3.8, 4) is 89.8 Å². The molecule has 0 atom stereocenters. The molecule has 0 saturated carbocycles. The maximum Gasteiger partial charge on any atom is 0.164 e. The minimum absolute atomic E-state index is 0.420. The van der Waals surface area contributed by atoms with Crippen molar-refractivity contribution in [2.75, 3.05) is 0 Å². The van der Waals surface area contributed by atoms with Gasteiger partial charge in [0.05, 0.1) is 5.41 Å². The first-order valence-electron chi connectivity index (χ1n) is 20.8. The van der Waals surface area contributed by atoms with Crippen molar-refractivity contribution in [2.24, 2.45) is 0 Å². The van der Waals surface area contributed by atoms with Crippen LogP contribution in [0.15, 0.2) is 224 Å². The molecule has 61 heavy (non-hydrogen) atoms. The van der Waals surface area contributed by atoms with Crippen molar-refractivity contribution in [2.45, 2.75) is 5.41 Å². The number of benzene rings is 9. The maximum atomic E-state index is 5.37. The molecule has 1 heterocycles. The van der Waals surface area contributed by atoms with Gasteiger partial charge >= 0.3 is 0 Å². The first-order valence-corrected chi connectivity index (χ1v) is 20.8. The molecular weight excluding hydrogens is 739 g/mol. The maximum absolute atomic E-state index is 5.37. The Hall–Kier alpha value is -8.01. The Labute approximate surface area is 355 Å². The van der Waals surface area contributed by atoms with E-state index in [1.165, 1.54) is 44.5 Å². The number of nitrogens with zero attached hydrogens (tertiary/aromatic N) is 3. The third-order valence-electron chi connectivity index (χ3n) is 12.5. The fourth-order valence-corrected chi connectivity index (χ4v) is 9.82. The van der Waals surface area contributed by atoms with Crippen LogP contribution in [-0.2, 0) is 5.41 Å². The van der Waals surface area contributed by atoms with Crippen LogP contribution >= 0.6 is 0 Å². The van der Waals surface area contributed by atoms with Crippen LogP contribution in [0.1, 0.15) is 22.3 Å². The van der Waals surface area contributed by atoms with Gasteiger partial charge in [0.15, 0.2) is 17.5 Å². The predicted molar refractivity (Wildman–Crippen MR) is 249 cm³/mol. The lowest BCUT2D eigenvalue weighted by molar-refractivity contribution is 0.794. The van der Waals surface area contributed by atoms with Crippen LogP contribution in [0, 0.1) is 0 Å². The minimum atomic E-state index is -0.420. The molecule has 0 unspecified atom stereocenters. The molecule has 0 N–H and O–H groups in total. The quantitative estimate of drug-likeness (QED) is 0.169. The molecule has 12 rings (SSSR count). The highest BCUT2D eigenvalue weighted by Gasteiger charge is 2.51. The Morgan fingerprint density at radius 3 is 1.08 bits per heavy atom. The Bertz CT molecular complexity index is 3200. The van der Waals surface area contributed by atoms with Crippen molar-refractivity contribution < 1.29 is 0 Å². The van der Waals surface area contributed by atoms with E-state index in [0.717, 1.165) is 50.1 Å². The highest BCUT2D eigenvalue weighted by molar-refractivity contribution is 5.96. The van der Waals surface area contributed by atoms with Crippen LogP contribution in [0.4, 0.5) is 0 Å². The van der Waals surface area contributed by atoms with Gasteiger partial charge in [0.1, 0.15) is 0 Å². The molecule has 10 aromatic rings. The van der Waals surface area contributed by atoms with Gasteiger partial charge in [-0.15, -0.1) is 0 Å². The molecule has 2 aliphatic rings. The van der Waals surface area contributed by atoms with Gasteiger partial charge < -0.3 is 0 Å². The predicted octanol–water partition coefficient (Wildman–Crippen LogP) is 14.2. The molecule has 0 saturated heterocycles. The minimum Gasteiger partial charge on any atom is -0.208 e. The van der Waals surface area contributed by atoms with E-state index in [-0.39, 0.29) is 0 Å². The largest absolute Gasteiger partial charge is 0.208 e. The van der Waals surface area contributed by atoms with Gasteiger partial charge in [0.2, 0.25) is 0 Å². The zero-order valence-electron chi connectivity index (χ0n) is 33.2. The smallest absolute Gasteiger partial charge is 0.164 e. The van der Waals surface area contributed by atoms with Crippen molar-refractivity contribution in [3.05, 3.63) is 247 Å². The summed E-state index contributed by atoms with van der Waals surface area (Å²) in [7, 11) is 0. The standard InChI is InChI=1S/C58H37N3/c1-4-17-38(18-5-1)41-23-16-24-42(33-41)55-59-56(61-57(60-55)46-35-44(39-19-6-2-7-20-39)34-45(36-46)40-21-8-3-9-22-40)43-31-32-54-50(37-43)49-27-12-15-30-53(49)58(54)51-28-13-10-25-47(51)48-26-11-14-29-52(48)58/h1-37H. The number of hydrogen-bond acceptors (Lipinski definition) is 3. The second kappa shape index (κ2) is 14.1. The first-order chi connectivity index (χ1) is 30.2. The van der Waals surface area contributed by atoms with Crippen molar-refractivity contribution in [1.82, 2.24) is 15.0 Å². The molecule has 284 valence electrons. The summed E-state index contributed by atoms with van der Waals surface area (Å²) in [5, 5.41) is 0. The highest BCUT2D eigenvalue weighted by atomic mass is 15.0. The zero-order chi connectivity index (χ0) is 40.3. The van der Waals surface area contributed by atoms with Gasteiger partial charge in [0, 0.05) is 16.7 Å². The second-order valence-corrected chi connectivity index (χ2v) is 15.9. The van der Waals surface area contributed by atoms with Gasteiger partial charge in [-0.05, 0) is 108 Å². The Morgan fingerprint density at radius 1 is 0.213 bits per heavy atom. The molecule has 1 aromatic heterocycles. The highest BCUT2D eigenvalue weighted by Crippen LogP contribution is 2.62. The lowest BCUT2D eigenvalue weighted by atomic mass is 9.70. The van der Waals surface area contributed by atoms with Crippen LogP contribution in [0.5, 0.6) is 0 Å². The van der Waals surface area contributed by atoms with E-state index in [4.69, 9.17) is 15.0 Å².